The zero-order valence-corrected chi connectivity index (χ0v) is 17.2. The smallest absolute Gasteiger partial charge is 0.352 e. The molecule has 0 unspecified atom stereocenters. The first-order valence-corrected chi connectivity index (χ1v) is 10.4. The van der Waals surface area contributed by atoms with E-state index in [1.165, 1.54) is 6.92 Å². The van der Waals surface area contributed by atoms with E-state index in [0.29, 0.717) is 18.7 Å². The van der Waals surface area contributed by atoms with Crippen LogP contribution in [0.25, 0.3) is 0 Å². The summed E-state index contributed by atoms with van der Waals surface area (Å²) in [5.74, 6) is 0.261. The van der Waals surface area contributed by atoms with Crippen molar-refractivity contribution in [3.8, 4) is 0 Å². The van der Waals surface area contributed by atoms with Crippen molar-refractivity contribution in [2.75, 3.05) is 19.7 Å². The molecule has 174 valence electrons. The minimum atomic E-state index is -4.91. The van der Waals surface area contributed by atoms with Gasteiger partial charge in [-0.15, -0.1) is 0 Å². The topological polar surface area (TPSA) is 30.5 Å². The van der Waals surface area contributed by atoms with Crippen LogP contribution >= 0.6 is 0 Å². The fraction of sp³-hybridized carbons (Fsp3) is 0.478. The van der Waals surface area contributed by atoms with Crippen molar-refractivity contribution in [3.05, 3.63) is 70.8 Å². The molecule has 3 nitrogen and oxygen atoms in total. The van der Waals surface area contributed by atoms with Crippen LogP contribution in [0.15, 0.2) is 48.5 Å². The highest BCUT2D eigenvalue weighted by Crippen LogP contribution is 2.43. The molecule has 9 heteroatoms. The number of benzene rings is 2. The summed E-state index contributed by atoms with van der Waals surface area (Å²) in [5.41, 5.74) is -1.96. The minimum absolute atomic E-state index is 0.120. The van der Waals surface area contributed by atoms with Crippen LogP contribution in [0.1, 0.15) is 41.2 Å². The first-order chi connectivity index (χ1) is 15.0. The number of fused-ring (bicyclic) bond motifs is 1. The molecule has 32 heavy (non-hydrogen) atoms. The Morgan fingerprint density at radius 3 is 2.16 bits per heavy atom. The quantitative estimate of drug-likeness (QED) is 0.589. The van der Waals surface area contributed by atoms with Crippen molar-refractivity contribution >= 4 is 0 Å². The van der Waals surface area contributed by atoms with Crippen LogP contribution in [-0.2, 0) is 21.8 Å². The second-order valence-electron chi connectivity index (χ2n) is 8.34. The first-order valence-electron chi connectivity index (χ1n) is 10.4. The molecule has 2 saturated heterocycles. The average molecular weight is 459 g/mol. The van der Waals surface area contributed by atoms with Crippen molar-refractivity contribution in [2.24, 2.45) is 11.8 Å². The molecule has 4 rings (SSSR count). The lowest BCUT2D eigenvalue weighted by Crippen LogP contribution is -2.42. The molecule has 2 aliphatic rings. The summed E-state index contributed by atoms with van der Waals surface area (Å²) in [6.07, 6.45) is -11.7. The van der Waals surface area contributed by atoms with E-state index < -0.39 is 35.9 Å². The Kier molecular flexibility index (Phi) is 6.26. The van der Waals surface area contributed by atoms with Gasteiger partial charge in [-0.1, -0.05) is 30.3 Å². The van der Waals surface area contributed by atoms with Crippen LogP contribution in [0.2, 0.25) is 0 Å². The Morgan fingerprint density at radius 1 is 0.938 bits per heavy atom. The van der Waals surface area contributed by atoms with Gasteiger partial charge in [-0.2, -0.15) is 26.3 Å². The molecule has 0 aliphatic carbocycles. The van der Waals surface area contributed by atoms with E-state index in [1.807, 2.05) is 30.3 Å². The second-order valence-corrected chi connectivity index (χ2v) is 8.34. The summed E-state index contributed by atoms with van der Waals surface area (Å²) in [6.45, 7) is 3.39. The van der Waals surface area contributed by atoms with Gasteiger partial charge in [-0.25, -0.2) is 0 Å². The van der Waals surface area contributed by atoms with E-state index in [0.717, 1.165) is 18.7 Å². The highest BCUT2D eigenvalue weighted by molar-refractivity contribution is 5.35. The van der Waals surface area contributed by atoms with Gasteiger partial charge in [-0.05, 0) is 54.6 Å². The lowest BCUT2D eigenvalue weighted by molar-refractivity contribution is -0.217. The largest absolute Gasteiger partial charge is 0.416 e. The second kappa shape index (κ2) is 8.68. The third kappa shape index (κ3) is 4.79. The summed E-state index contributed by atoms with van der Waals surface area (Å²) in [4.78, 5) is 0. The molecule has 2 fully saturated rings. The van der Waals surface area contributed by atoms with Gasteiger partial charge in [0.05, 0.1) is 23.8 Å². The average Bonchev–Trinajstić information content (AvgIpc) is 3.21. The van der Waals surface area contributed by atoms with Gasteiger partial charge in [0, 0.05) is 12.5 Å². The van der Waals surface area contributed by atoms with Crippen molar-refractivity contribution < 1.29 is 35.8 Å². The summed E-state index contributed by atoms with van der Waals surface area (Å²) in [6, 6.07) is 11.0. The number of nitrogens with one attached hydrogen (secondary N) is 1. The molecule has 1 N–H and O–H groups in total. The molecule has 0 aromatic heterocycles. The summed E-state index contributed by atoms with van der Waals surface area (Å²) < 4.78 is 91.4. The molecule has 5 atom stereocenters. The predicted octanol–water partition coefficient (Wildman–Crippen LogP) is 5.78. The number of hydrogen-bond donors (Lipinski definition) is 1. The molecule has 2 aliphatic heterocycles. The SMILES string of the molecule is C[C@@H](O[C@H]1OC[C@@H]2CNC[C@H]2[C@@H]1c1ccccc1)c1cc(C(F)(F)F)cc(C(F)(F)F)c1. The maximum absolute atomic E-state index is 13.2. The molecule has 0 radical (unpaired) electrons. The highest BCUT2D eigenvalue weighted by atomic mass is 19.4. The van der Waals surface area contributed by atoms with Gasteiger partial charge in [-0.3, -0.25) is 0 Å². The van der Waals surface area contributed by atoms with Crippen LogP contribution in [0.3, 0.4) is 0 Å². The fourth-order valence-electron chi connectivity index (χ4n) is 4.58. The highest BCUT2D eigenvalue weighted by Gasteiger charge is 2.45. The van der Waals surface area contributed by atoms with Crippen molar-refractivity contribution in [2.45, 2.75) is 37.6 Å². The Balaban J connectivity index is 1.64. The Hall–Kier alpha value is -2.10. The van der Waals surface area contributed by atoms with Crippen LogP contribution in [0, 0.1) is 11.8 Å². The molecule has 0 spiro atoms. The number of rotatable bonds is 4. The van der Waals surface area contributed by atoms with E-state index in [2.05, 4.69) is 5.32 Å². The van der Waals surface area contributed by atoms with Gasteiger partial charge in [0.2, 0.25) is 0 Å². The Bertz CT molecular complexity index is 898. The van der Waals surface area contributed by atoms with E-state index in [4.69, 9.17) is 9.47 Å². The van der Waals surface area contributed by atoms with Crippen LogP contribution in [-0.4, -0.2) is 26.0 Å². The Labute approximate surface area is 181 Å². The van der Waals surface area contributed by atoms with Crippen molar-refractivity contribution in [1.82, 2.24) is 5.32 Å². The molecular weight excluding hydrogens is 436 g/mol. The third-order valence-electron chi connectivity index (χ3n) is 6.22. The van der Waals surface area contributed by atoms with Crippen LogP contribution in [0.4, 0.5) is 26.3 Å². The summed E-state index contributed by atoms with van der Waals surface area (Å²) in [5, 5.41) is 3.33. The molecule has 2 heterocycles. The normalized spacial score (nSPS) is 27.2. The van der Waals surface area contributed by atoms with Crippen LogP contribution < -0.4 is 5.32 Å². The molecule has 0 saturated carbocycles. The Morgan fingerprint density at radius 2 is 1.56 bits per heavy atom. The molecule has 0 bridgehead atoms. The molecular formula is C23H23F6NO2. The first kappa shape index (κ1) is 23.1. The monoisotopic (exact) mass is 459 g/mol. The molecule has 2 aromatic rings. The van der Waals surface area contributed by atoms with E-state index >= 15 is 0 Å². The lowest BCUT2D eigenvalue weighted by Gasteiger charge is -2.40. The number of alkyl halides is 6. The number of halogens is 6. The zero-order valence-electron chi connectivity index (χ0n) is 17.2. The number of ether oxygens (including phenoxy) is 2. The summed E-state index contributed by atoms with van der Waals surface area (Å²) in [7, 11) is 0. The van der Waals surface area contributed by atoms with Gasteiger partial charge in [0.15, 0.2) is 6.29 Å². The standard InChI is InChI=1S/C23H23F6NO2/c1-13(15-7-17(22(24,25)26)9-18(8-15)23(27,28)29)32-21-20(14-5-3-2-4-6-14)19-11-30-10-16(19)12-31-21/h2-9,13,16,19-21,30H,10-12H2,1H3/t13-,16+,19-,20+,21-/m1/s1. The maximum atomic E-state index is 13.2. The van der Waals surface area contributed by atoms with Gasteiger partial charge >= 0.3 is 12.4 Å². The molecule has 0 amide bonds. The van der Waals surface area contributed by atoms with Crippen LogP contribution in [0.5, 0.6) is 0 Å². The van der Waals surface area contributed by atoms with E-state index in [-0.39, 0.29) is 29.4 Å². The van der Waals surface area contributed by atoms with Gasteiger partial charge in [0.25, 0.3) is 0 Å². The predicted molar refractivity (Wildman–Crippen MR) is 105 cm³/mol. The van der Waals surface area contributed by atoms with Crippen molar-refractivity contribution in [1.29, 1.82) is 0 Å². The van der Waals surface area contributed by atoms with E-state index in [1.54, 1.807) is 0 Å². The zero-order chi connectivity index (χ0) is 23.1. The lowest BCUT2D eigenvalue weighted by atomic mass is 9.77. The number of hydrogen-bond acceptors (Lipinski definition) is 3. The van der Waals surface area contributed by atoms with Crippen molar-refractivity contribution in [3.63, 3.8) is 0 Å². The summed E-state index contributed by atoms with van der Waals surface area (Å²) >= 11 is 0. The van der Waals surface area contributed by atoms with Gasteiger partial charge < -0.3 is 14.8 Å². The maximum Gasteiger partial charge on any atom is 0.416 e. The molecule has 2 aromatic carbocycles. The van der Waals surface area contributed by atoms with E-state index in [9.17, 15) is 26.3 Å². The minimum Gasteiger partial charge on any atom is -0.352 e. The fourth-order valence-corrected chi connectivity index (χ4v) is 4.58. The van der Waals surface area contributed by atoms with Gasteiger partial charge in [0.1, 0.15) is 0 Å². The third-order valence-corrected chi connectivity index (χ3v) is 6.22.